The lowest BCUT2D eigenvalue weighted by atomic mass is 10.1. The highest BCUT2D eigenvalue weighted by atomic mass is 16.6. The molecule has 0 unspecified atom stereocenters. The van der Waals surface area contributed by atoms with Gasteiger partial charge < -0.3 is 19.5 Å². The molecule has 2 aromatic carbocycles. The zero-order chi connectivity index (χ0) is 30.5. The quantitative estimate of drug-likeness (QED) is 0.262. The van der Waals surface area contributed by atoms with Crippen LogP contribution in [-0.4, -0.2) is 46.1 Å². The lowest BCUT2D eigenvalue weighted by Crippen LogP contribution is -2.39. The van der Waals surface area contributed by atoms with Crippen molar-refractivity contribution in [3.63, 3.8) is 0 Å². The van der Waals surface area contributed by atoms with Gasteiger partial charge in [0.05, 0.1) is 18.8 Å². The van der Waals surface area contributed by atoms with Crippen LogP contribution in [0.15, 0.2) is 73.1 Å². The molecule has 0 spiro atoms. The number of carbonyl (C=O) groups is 2. The van der Waals surface area contributed by atoms with E-state index in [1.807, 2.05) is 75.4 Å². The summed E-state index contributed by atoms with van der Waals surface area (Å²) < 4.78 is 18.0. The number of ether oxygens (including phenoxy) is 3. The Hall–Kier alpha value is -4.77. The smallest absolute Gasteiger partial charge is 0.420 e. The van der Waals surface area contributed by atoms with Crippen LogP contribution in [-0.2, 0) is 15.9 Å². The number of rotatable bonds is 5. The largest absolute Gasteiger partial charge is 0.497 e. The highest BCUT2D eigenvalue weighted by Gasteiger charge is 2.23. The number of aromatic nitrogens is 2. The highest BCUT2D eigenvalue weighted by Crippen LogP contribution is 2.27. The van der Waals surface area contributed by atoms with E-state index in [4.69, 9.17) is 14.2 Å². The Bertz CT molecular complexity index is 1630. The SMILES string of the molecule is COc1ccc(C[C@@H](C#Cc2ccc(-c3ccc4cnccc4c3)n2C(=O)OC(C)(C)C)NC(=O)OC(C)(C)C)cc1. The summed E-state index contributed by atoms with van der Waals surface area (Å²) in [4.78, 5) is 30.4. The topological polar surface area (TPSA) is 91.7 Å². The third-order valence-corrected chi connectivity index (χ3v) is 6.06. The second kappa shape index (κ2) is 12.4. The predicted octanol–water partition coefficient (Wildman–Crippen LogP) is 6.98. The number of pyridine rings is 1. The second-order valence-electron chi connectivity index (χ2n) is 11.9. The first-order valence-electron chi connectivity index (χ1n) is 13.7. The molecule has 8 nitrogen and oxygen atoms in total. The minimum atomic E-state index is -0.715. The van der Waals surface area contributed by atoms with Gasteiger partial charge >= 0.3 is 12.2 Å². The van der Waals surface area contributed by atoms with Gasteiger partial charge in [0.15, 0.2) is 0 Å². The van der Waals surface area contributed by atoms with Crippen molar-refractivity contribution in [2.24, 2.45) is 0 Å². The number of amides is 1. The van der Waals surface area contributed by atoms with Gasteiger partial charge in [0, 0.05) is 24.2 Å². The van der Waals surface area contributed by atoms with Crippen LogP contribution >= 0.6 is 0 Å². The van der Waals surface area contributed by atoms with E-state index in [-0.39, 0.29) is 0 Å². The fraction of sp³-hybridized carbons (Fsp3) is 0.324. The van der Waals surface area contributed by atoms with Crippen LogP contribution in [0.4, 0.5) is 9.59 Å². The molecule has 1 atom stereocenters. The maximum Gasteiger partial charge on any atom is 0.420 e. The molecule has 0 aliphatic rings. The molecule has 0 radical (unpaired) electrons. The first kappa shape index (κ1) is 30.2. The molecular formula is C34H37N3O5. The first-order valence-corrected chi connectivity index (χ1v) is 13.7. The standard InChI is InChI=1S/C34H37N3O5/c1-33(2,3)41-31(38)36-27(20-23-8-15-29(40-7)16-9-23)12-13-28-14-17-30(37(28)32(39)42-34(4,5)6)25-10-11-26-22-35-19-18-24(26)21-25/h8-11,14-19,21-22,27H,20H2,1-7H3,(H,36,38)/t27-/m1/s1. The van der Waals surface area contributed by atoms with Crippen LogP contribution in [0, 0.1) is 11.8 Å². The molecule has 0 saturated heterocycles. The molecule has 1 amide bonds. The molecule has 1 N–H and O–H groups in total. The Balaban J connectivity index is 1.74. The van der Waals surface area contributed by atoms with Crippen molar-refractivity contribution in [3.05, 3.63) is 84.3 Å². The van der Waals surface area contributed by atoms with Gasteiger partial charge in [-0.05, 0) is 100 Å². The summed E-state index contributed by atoms with van der Waals surface area (Å²) in [6, 6.07) is 18.4. The molecule has 42 heavy (non-hydrogen) atoms. The number of alkyl carbamates (subject to hydrolysis) is 1. The molecule has 0 saturated carbocycles. The molecule has 8 heteroatoms. The Labute approximate surface area is 247 Å². The highest BCUT2D eigenvalue weighted by molar-refractivity contribution is 5.88. The number of nitrogens with zero attached hydrogens (tertiary/aromatic N) is 2. The van der Waals surface area contributed by atoms with E-state index < -0.39 is 29.4 Å². The minimum absolute atomic E-state index is 0.412. The summed E-state index contributed by atoms with van der Waals surface area (Å²) in [5.41, 5.74) is 1.46. The van der Waals surface area contributed by atoms with Crippen LogP contribution in [0.25, 0.3) is 22.0 Å². The molecular weight excluding hydrogens is 530 g/mol. The molecule has 0 bridgehead atoms. The van der Waals surface area contributed by atoms with Crippen molar-refractivity contribution >= 4 is 23.0 Å². The normalized spacial score (nSPS) is 12.2. The lowest BCUT2D eigenvalue weighted by molar-refractivity contribution is 0.0510. The molecule has 4 aromatic rings. The monoisotopic (exact) mass is 567 g/mol. The zero-order valence-electron chi connectivity index (χ0n) is 25.1. The molecule has 0 aliphatic heterocycles. The van der Waals surface area contributed by atoms with E-state index in [2.05, 4.69) is 22.1 Å². The zero-order valence-corrected chi connectivity index (χ0v) is 25.1. The Morgan fingerprint density at radius 1 is 0.905 bits per heavy atom. The van der Waals surface area contributed by atoms with Crippen molar-refractivity contribution in [3.8, 4) is 28.8 Å². The average Bonchev–Trinajstić information content (AvgIpc) is 3.34. The van der Waals surface area contributed by atoms with Crippen LogP contribution in [0.5, 0.6) is 5.75 Å². The molecule has 2 aromatic heterocycles. The summed E-state index contributed by atoms with van der Waals surface area (Å²) in [6.07, 6.45) is 2.81. The van der Waals surface area contributed by atoms with E-state index in [1.54, 1.807) is 46.3 Å². The van der Waals surface area contributed by atoms with Crippen LogP contribution in [0.1, 0.15) is 52.8 Å². The fourth-order valence-electron chi connectivity index (χ4n) is 4.25. The van der Waals surface area contributed by atoms with Crippen LogP contribution in [0.3, 0.4) is 0 Å². The average molecular weight is 568 g/mol. The van der Waals surface area contributed by atoms with E-state index in [0.717, 1.165) is 27.6 Å². The van der Waals surface area contributed by atoms with E-state index >= 15 is 0 Å². The van der Waals surface area contributed by atoms with Crippen molar-refractivity contribution in [2.45, 2.75) is 65.2 Å². The van der Waals surface area contributed by atoms with Crippen molar-refractivity contribution in [2.75, 3.05) is 7.11 Å². The summed E-state index contributed by atoms with van der Waals surface area (Å²) in [5, 5.41) is 4.85. The van der Waals surface area contributed by atoms with Gasteiger partial charge in [-0.2, -0.15) is 0 Å². The first-order chi connectivity index (χ1) is 19.8. The van der Waals surface area contributed by atoms with Gasteiger partial charge in [-0.15, -0.1) is 0 Å². The van der Waals surface area contributed by atoms with Gasteiger partial charge in [-0.3, -0.25) is 4.98 Å². The lowest BCUT2D eigenvalue weighted by Gasteiger charge is -2.22. The van der Waals surface area contributed by atoms with Crippen molar-refractivity contribution < 1.29 is 23.8 Å². The molecule has 218 valence electrons. The van der Waals surface area contributed by atoms with Gasteiger partial charge in [0.2, 0.25) is 0 Å². The Kier molecular flexibility index (Phi) is 8.91. The maximum absolute atomic E-state index is 13.5. The third-order valence-electron chi connectivity index (χ3n) is 6.06. The number of nitrogens with one attached hydrogen (secondary N) is 1. The van der Waals surface area contributed by atoms with Gasteiger partial charge in [0.25, 0.3) is 0 Å². The van der Waals surface area contributed by atoms with Gasteiger partial charge in [-0.25, -0.2) is 14.2 Å². The number of benzene rings is 2. The number of hydrogen-bond donors (Lipinski definition) is 1. The molecule has 0 aliphatic carbocycles. The number of methoxy groups -OCH3 is 1. The number of carbonyl (C=O) groups excluding carboxylic acids is 2. The molecule has 0 fully saturated rings. The summed E-state index contributed by atoms with van der Waals surface area (Å²) >= 11 is 0. The van der Waals surface area contributed by atoms with Crippen molar-refractivity contribution in [1.82, 2.24) is 14.9 Å². The molecule has 2 heterocycles. The number of fused-ring (bicyclic) bond motifs is 1. The minimum Gasteiger partial charge on any atom is -0.497 e. The summed E-state index contributed by atoms with van der Waals surface area (Å²) in [7, 11) is 1.61. The van der Waals surface area contributed by atoms with Crippen LogP contribution in [0.2, 0.25) is 0 Å². The predicted molar refractivity (Wildman–Crippen MR) is 164 cm³/mol. The molecule has 4 rings (SSSR count). The van der Waals surface area contributed by atoms with E-state index in [0.29, 0.717) is 17.8 Å². The van der Waals surface area contributed by atoms with Crippen LogP contribution < -0.4 is 10.1 Å². The van der Waals surface area contributed by atoms with E-state index in [1.165, 1.54) is 4.57 Å². The van der Waals surface area contributed by atoms with Gasteiger partial charge in [0.1, 0.15) is 22.6 Å². The second-order valence-corrected chi connectivity index (χ2v) is 11.9. The summed E-state index contributed by atoms with van der Waals surface area (Å²) in [5.74, 6) is 7.01. The van der Waals surface area contributed by atoms with Crippen molar-refractivity contribution in [1.29, 1.82) is 0 Å². The maximum atomic E-state index is 13.5. The third kappa shape index (κ3) is 8.14. The summed E-state index contributed by atoms with van der Waals surface area (Å²) in [6.45, 7) is 10.9. The fourth-order valence-corrected chi connectivity index (χ4v) is 4.25. The Morgan fingerprint density at radius 2 is 1.62 bits per heavy atom. The number of hydrogen-bond acceptors (Lipinski definition) is 6. The van der Waals surface area contributed by atoms with Gasteiger partial charge in [-0.1, -0.05) is 30.2 Å². The van der Waals surface area contributed by atoms with E-state index in [9.17, 15) is 9.59 Å². The Morgan fingerprint density at radius 3 is 2.29 bits per heavy atom.